The van der Waals surface area contributed by atoms with Crippen LogP contribution in [0.15, 0.2) is 36.5 Å². The first-order valence-electron chi connectivity index (χ1n) is 35.7. The average Bonchev–Trinajstić information content (AvgIpc) is 2.22. The van der Waals surface area contributed by atoms with Crippen LogP contribution in [0.4, 0.5) is 0 Å². The zero-order valence-electron chi connectivity index (χ0n) is 55.2. The van der Waals surface area contributed by atoms with E-state index in [-0.39, 0.29) is 18.9 Å². The van der Waals surface area contributed by atoms with Crippen molar-refractivity contribution < 1.29 is 89.4 Å². The van der Waals surface area contributed by atoms with Crippen LogP contribution in [0.5, 0.6) is 0 Å². The molecule has 522 valence electrons. The molecule has 1 amide bonds. The number of ether oxygens (including phenoxy) is 6. The van der Waals surface area contributed by atoms with Crippen LogP contribution >= 0.6 is 0 Å². The van der Waals surface area contributed by atoms with Crippen molar-refractivity contribution in [2.45, 2.75) is 375 Å². The molecule has 0 aromatic heterocycles. The lowest BCUT2D eigenvalue weighted by atomic mass is 9.96. The average molecular weight is 1270 g/mol. The van der Waals surface area contributed by atoms with Crippen molar-refractivity contribution in [2.75, 3.05) is 26.4 Å². The summed E-state index contributed by atoms with van der Waals surface area (Å²) >= 11 is 0. The van der Waals surface area contributed by atoms with Crippen LogP contribution < -0.4 is 5.32 Å². The molecule has 3 rings (SSSR count). The number of rotatable bonds is 55. The van der Waals surface area contributed by atoms with Gasteiger partial charge in [-0.15, -0.1) is 0 Å². The monoisotopic (exact) mass is 1270 g/mol. The number of aliphatic hydroxyl groups is 11. The van der Waals surface area contributed by atoms with E-state index in [0.717, 1.165) is 83.5 Å². The molecule has 0 spiro atoms. The third-order valence-corrected chi connectivity index (χ3v) is 17.9. The van der Waals surface area contributed by atoms with Crippen molar-refractivity contribution in [3.63, 3.8) is 0 Å². The van der Waals surface area contributed by atoms with Gasteiger partial charge in [0.2, 0.25) is 5.91 Å². The topological polar surface area (TPSA) is 307 Å². The third-order valence-electron chi connectivity index (χ3n) is 17.9. The van der Waals surface area contributed by atoms with Gasteiger partial charge in [0.1, 0.15) is 73.2 Å². The lowest BCUT2D eigenvalue weighted by Crippen LogP contribution is -2.66. The van der Waals surface area contributed by atoms with Gasteiger partial charge < -0.3 is 89.9 Å². The lowest BCUT2D eigenvalue weighted by Gasteiger charge is -2.48. The van der Waals surface area contributed by atoms with E-state index >= 15 is 0 Å². The number of amides is 1. The molecule has 17 unspecified atom stereocenters. The largest absolute Gasteiger partial charge is 0.394 e. The van der Waals surface area contributed by atoms with Crippen LogP contribution in [0.1, 0.15) is 271 Å². The summed E-state index contributed by atoms with van der Waals surface area (Å²) in [6.45, 7) is 1.73. The molecule has 0 aromatic carbocycles. The molecular weight excluding hydrogens is 1140 g/mol. The summed E-state index contributed by atoms with van der Waals surface area (Å²) in [5.41, 5.74) is 0. The Balaban J connectivity index is 1.42. The maximum absolute atomic E-state index is 13.4. The SMILES string of the molecule is CCCCC/C=C\C/C=C\CCCCCCCCCC(=O)NC(COC1OC(CO)C(OC2OC(CO)C(OC3OC(CO)C(O)C(O)C3O)C(O)C2O)C(O)C1O)C(O)/C=C/CCCCCCCCCCCCCCCCCCCCCCCCCCC. The van der Waals surface area contributed by atoms with Crippen LogP contribution in [-0.2, 0) is 33.2 Å². The van der Waals surface area contributed by atoms with Gasteiger partial charge in [-0.05, 0) is 51.4 Å². The fourth-order valence-corrected chi connectivity index (χ4v) is 12.1. The molecule has 0 radical (unpaired) electrons. The van der Waals surface area contributed by atoms with Gasteiger partial charge >= 0.3 is 0 Å². The maximum Gasteiger partial charge on any atom is 0.220 e. The Morgan fingerprint density at radius 1 is 0.404 bits per heavy atom. The fourth-order valence-electron chi connectivity index (χ4n) is 12.1. The van der Waals surface area contributed by atoms with Crippen LogP contribution in [0, 0.1) is 0 Å². The number of hydrogen-bond donors (Lipinski definition) is 12. The molecule has 0 saturated carbocycles. The molecule has 3 aliphatic rings. The van der Waals surface area contributed by atoms with E-state index < -0.39 is 124 Å². The molecule has 0 bridgehead atoms. The van der Waals surface area contributed by atoms with Gasteiger partial charge in [-0.25, -0.2) is 0 Å². The van der Waals surface area contributed by atoms with E-state index in [1.165, 1.54) is 161 Å². The lowest BCUT2D eigenvalue weighted by molar-refractivity contribution is -0.379. The second-order valence-electron chi connectivity index (χ2n) is 25.7. The summed E-state index contributed by atoms with van der Waals surface area (Å²) in [4.78, 5) is 13.4. The highest BCUT2D eigenvalue weighted by Crippen LogP contribution is 2.33. The third kappa shape index (κ3) is 34.3. The fraction of sp³-hybridized carbons (Fsp3) is 0.900. The summed E-state index contributed by atoms with van der Waals surface area (Å²) in [6.07, 6.45) is 34.1. The highest BCUT2D eigenvalue weighted by molar-refractivity contribution is 5.76. The predicted octanol–water partition coefficient (Wildman–Crippen LogP) is 9.61. The first-order valence-corrected chi connectivity index (χ1v) is 35.7. The van der Waals surface area contributed by atoms with Crippen molar-refractivity contribution in [3.05, 3.63) is 36.5 Å². The van der Waals surface area contributed by atoms with Gasteiger partial charge in [0.05, 0.1) is 38.6 Å². The Kier molecular flexibility index (Phi) is 47.7. The van der Waals surface area contributed by atoms with Crippen molar-refractivity contribution in [1.29, 1.82) is 0 Å². The van der Waals surface area contributed by atoms with Gasteiger partial charge in [-0.1, -0.05) is 249 Å². The van der Waals surface area contributed by atoms with Crippen LogP contribution in [0.2, 0.25) is 0 Å². The van der Waals surface area contributed by atoms with Crippen molar-refractivity contribution in [2.24, 2.45) is 0 Å². The Morgan fingerprint density at radius 2 is 0.742 bits per heavy atom. The standard InChI is InChI=1S/C70H129NO18/c1-3-5-7-9-11-13-15-17-19-21-22-23-24-25-26-27-28-29-30-32-33-35-37-39-41-43-45-47-54(75)53(71-58(76)48-46-44-42-40-38-36-34-31-20-18-16-14-12-10-8-6-4-2)52-84-68-64(82)61(79)66(56(50-73)86-68)89-70-65(83)62(80)67(57(51-74)87-70)88-69-63(81)60(78)59(77)55(49-72)85-69/h12,14,18,20,45,47,53-57,59-70,72-75,77-83H,3-11,13,15-17,19,21-44,46,48-52H2,1-2H3,(H,71,76)/b14-12-,20-18-,47-45+. The molecule has 19 heteroatoms. The number of aliphatic hydroxyl groups excluding tert-OH is 11. The predicted molar refractivity (Wildman–Crippen MR) is 346 cm³/mol. The molecule has 89 heavy (non-hydrogen) atoms. The summed E-state index contributed by atoms with van der Waals surface area (Å²) in [5.74, 6) is -0.282. The van der Waals surface area contributed by atoms with E-state index in [1.807, 2.05) is 6.08 Å². The minimum Gasteiger partial charge on any atom is -0.394 e. The molecule has 3 aliphatic heterocycles. The molecule has 12 N–H and O–H groups in total. The van der Waals surface area contributed by atoms with Gasteiger partial charge in [-0.2, -0.15) is 0 Å². The van der Waals surface area contributed by atoms with Gasteiger partial charge in [0.25, 0.3) is 0 Å². The molecule has 0 aliphatic carbocycles. The van der Waals surface area contributed by atoms with E-state index in [0.29, 0.717) is 6.42 Å². The number of unbranched alkanes of at least 4 members (excludes halogenated alkanes) is 35. The summed E-state index contributed by atoms with van der Waals surface area (Å²) in [5, 5.41) is 121. The Labute approximate surface area is 536 Å². The first-order chi connectivity index (χ1) is 43.3. The second kappa shape index (κ2) is 52.3. The highest BCUT2D eigenvalue weighted by Gasteiger charge is 2.53. The molecule has 3 saturated heterocycles. The molecular formula is C70H129NO18. The van der Waals surface area contributed by atoms with E-state index in [4.69, 9.17) is 28.4 Å². The van der Waals surface area contributed by atoms with Gasteiger partial charge in [0.15, 0.2) is 18.9 Å². The number of carbonyl (C=O) groups excluding carboxylic acids is 1. The van der Waals surface area contributed by atoms with Crippen LogP contribution in [-0.4, -0.2) is 193 Å². The number of carbonyl (C=O) groups is 1. The molecule has 0 aromatic rings. The summed E-state index contributed by atoms with van der Waals surface area (Å²) in [7, 11) is 0. The van der Waals surface area contributed by atoms with Crippen molar-refractivity contribution in [3.8, 4) is 0 Å². The minimum absolute atomic E-state index is 0.235. The zero-order chi connectivity index (χ0) is 64.7. The van der Waals surface area contributed by atoms with Gasteiger partial charge in [-0.3, -0.25) is 4.79 Å². The van der Waals surface area contributed by atoms with Crippen molar-refractivity contribution in [1.82, 2.24) is 5.32 Å². The maximum atomic E-state index is 13.4. The summed E-state index contributed by atoms with van der Waals surface area (Å²) in [6, 6.07) is -0.978. The van der Waals surface area contributed by atoms with Crippen LogP contribution in [0.3, 0.4) is 0 Å². The zero-order valence-corrected chi connectivity index (χ0v) is 55.2. The Morgan fingerprint density at radius 3 is 1.17 bits per heavy atom. The highest BCUT2D eigenvalue weighted by atomic mass is 16.8. The Bertz CT molecular complexity index is 1760. The normalized spacial score (nSPS) is 28.4. The molecule has 19 nitrogen and oxygen atoms in total. The molecule has 3 heterocycles. The number of hydrogen-bond acceptors (Lipinski definition) is 18. The van der Waals surface area contributed by atoms with Crippen LogP contribution in [0.25, 0.3) is 0 Å². The number of nitrogens with one attached hydrogen (secondary N) is 1. The minimum atomic E-state index is -1.98. The van der Waals surface area contributed by atoms with E-state index in [9.17, 15) is 61.0 Å². The van der Waals surface area contributed by atoms with Crippen molar-refractivity contribution >= 4 is 5.91 Å². The number of allylic oxidation sites excluding steroid dienone is 5. The van der Waals surface area contributed by atoms with Gasteiger partial charge in [0, 0.05) is 6.42 Å². The quantitative estimate of drug-likeness (QED) is 0.0199. The van der Waals surface area contributed by atoms with E-state index in [1.54, 1.807) is 6.08 Å². The second-order valence-corrected chi connectivity index (χ2v) is 25.7. The first kappa shape index (κ1) is 81.2. The summed E-state index contributed by atoms with van der Waals surface area (Å²) < 4.78 is 34.4. The van der Waals surface area contributed by atoms with E-state index in [2.05, 4.69) is 43.5 Å². The Hall–Kier alpha value is -1.99. The molecule has 3 fully saturated rings. The smallest absolute Gasteiger partial charge is 0.220 e. The molecule has 17 atom stereocenters.